The summed E-state index contributed by atoms with van der Waals surface area (Å²) in [7, 11) is 0. The van der Waals surface area contributed by atoms with E-state index in [0.29, 0.717) is 5.92 Å². The monoisotopic (exact) mass is 148 g/mol. The molecule has 0 unspecified atom stereocenters. The van der Waals surface area contributed by atoms with Gasteiger partial charge in [0.2, 0.25) is 0 Å². The number of fused-ring (bicyclic) bond motifs is 4. The van der Waals surface area contributed by atoms with Gasteiger partial charge in [0, 0.05) is 5.92 Å². The Balaban J connectivity index is 2.26. The van der Waals surface area contributed by atoms with E-state index in [1.807, 2.05) is 0 Å². The van der Waals surface area contributed by atoms with Crippen molar-refractivity contribution in [3.8, 4) is 0 Å². The maximum atomic E-state index is 4.15. The van der Waals surface area contributed by atoms with Gasteiger partial charge in [0.25, 0.3) is 0 Å². The second-order valence-corrected chi connectivity index (χ2v) is 4.07. The van der Waals surface area contributed by atoms with Crippen LogP contribution in [-0.4, -0.2) is 0 Å². The third-order valence-corrected chi connectivity index (χ3v) is 3.19. The second-order valence-electron chi connectivity index (χ2n) is 4.07. The molecule has 0 aromatic rings. The van der Waals surface area contributed by atoms with E-state index in [-0.39, 0.29) is 0 Å². The number of rotatable bonds is 0. The molecule has 0 heteroatoms. The van der Waals surface area contributed by atoms with E-state index >= 15 is 0 Å². The maximum absolute atomic E-state index is 4.15. The van der Waals surface area contributed by atoms with Crippen molar-refractivity contribution < 1.29 is 0 Å². The van der Waals surface area contributed by atoms with Gasteiger partial charge >= 0.3 is 0 Å². The Bertz CT molecular complexity index is 182. The van der Waals surface area contributed by atoms with Crippen molar-refractivity contribution in [1.82, 2.24) is 0 Å². The SMILES string of the molecule is C=C1CC2CCCC1C(=C)C2. The van der Waals surface area contributed by atoms with Gasteiger partial charge in [-0.05, 0) is 31.6 Å². The zero-order valence-corrected chi connectivity index (χ0v) is 7.10. The minimum absolute atomic E-state index is 0.689. The van der Waals surface area contributed by atoms with Crippen LogP contribution in [0.1, 0.15) is 32.1 Å². The Kier molecular flexibility index (Phi) is 1.63. The van der Waals surface area contributed by atoms with Gasteiger partial charge in [-0.2, -0.15) is 0 Å². The molecule has 0 amide bonds. The van der Waals surface area contributed by atoms with Gasteiger partial charge in [-0.1, -0.05) is 30.7 Å². The summed E-state index contributed by atoms with van der Waals surface area (Å²) in [4.78, 5) is 0. The predicted octanol–water partition coefficient (Wildman–Crippen LogP) is 3.31. The Morgan fingerprint density at radius 1 is 1.00 bits per heavy atom. The molecule has 3 saturated carbocycles. The van der Waals surface area contributed by atoms with Gasteiger partial charge in [0.15, 0.2) is 0 Å². The van der Waals surface area contributed by atoms with Gasteiger partial charge in [-0.15, -0.1) is 0 Å². The van der Waals surface area contributed by atoms with E-state index in [4.69, 9.17) is 0 Å². The molecule has 0 aliphatic heterocycles. The lowest BCUT2D eigenvalue weighted by molar-refractivity contribution is 0.462. The lowest BCUT2D eigenvalue weighted by Gasteiger charge is -2.28. The molecular formula is C11H16. The van der Waals surface area contributed by atoms with Crippen LogP contribution in [0.3, 0.4) is 0 Å². The molecule has 2 bridgehead atoms. The maximum Gasteiger partial charge on any atom is 0.000175 e. The predicted molar refractivity (Wildman–Crippen MR) is 48.3 cm³/mol. The lowest BCUT2D eigenvalue weighted by atomic mass is 9.78. The first-order chi connectivity index (χ1) is 5.27. The smallest absolute Gasteiger partial charge is 0.000175 e. The summed E-state index contributed by atoms with van der Waals surface area (Å²) in [6, 6.07) is 0. The fraction of sp³-hybridized carbons (Fsp3) is 0.636. The van der Waals surface area contributed by atoms with Crippen LogP contribution in [0.2, 0.25) is 0 Å². The van der Waals surface area contributed by atoms with E-state index in [9.17, 15) is 0 Å². The lowest BCUT2D eigenvalue weighted by Crippen LogP contribution is -2.14. The van der Waals surface area contributed by atoms with Crippen LogP contribution >= 0.6 is 0 Å². The first-order valence-electron chi connectivity index (χ1n) is 4.62. The highest BCUT2D eigenvalue weighted by atomic mass is 14.3. The molecule has 0 spiro atoms. The van der Waals surface area contributed by atoms with Crippen molar-refractivity contribution in [2.75, 3.05) is 0 Å². The first-order valence-corrected chi connectivity index (χ1v) is 4.62. The standard InChI is InChI=1S/C11H16/c1-8-6-10-4-3-5-11(8)9(2)7-10/h10-11H,1-7H2. The molecule has 3 rings (SSSR count). The highest BCUT2D eigenvalue weighted by Gasteiger charge is 2.29. The number of allylic oxidation sites excluding steroid dienone is 2. The molecule has 3 aliphatic carbocycles. The Morgan fingerprint density at radius 2 is 1.64 bits per heavy atom. The van der Waals surface area contributed by atoms with Crippen LogP contribution in [0.4, 0.5) is 0 Å². The Morgan fingerprint density at radius 3 is 2.27 bits per heavy atom. The fourth-order valence-electron chi connectivity index (χ4n) is 2.61. The summed E-state index contributed by atoms with van der Waals surface area (Å²) in [5.74, 6) is 1.59. The molecule has 60 valence electrons. The third-order valence-electron chi connectivity index (χ3n) is 3.19. The molecule has 0 radical (unpaired) electrons. The summed E-state index contributed by atoms with van der Waals surface area (Å²) < 4.78 is 0. The Labute approximate surface area is 69.0 Å². The average Bonchev–Trinajstić information content (AvgIpc) is 2.18. The van der Waals surface area contributed by atoms with E-state index in [0.717, 1.165) is 5.92 Å². The van der Waals surface area contributed by atoms with Crippen LogP contribution in [0.5, 0.6) is 0 Å². The summed E-state index contributed by atoms with van der Waals surface area (Å²) in [5.41, 5.74) is 2.92. The quantitative estimate of drug-likeness (QED) is 0.462. The third kappa shape index (κ3) is 1.15. The van der Waals surface area contributed by atoms with E-state index in [1.165, 1.54) is 43.3 Å². The van der Waals surface area contributed by atoms with Crippen LogP contribution in [0.15, 0.2) is 24.3 Å². The van der Waals surface area contributed by atoms with E-state index < -0.39 is 0 Å². The zero-order chi connectivity index (χ0) is 7.84. The van der Waals surface area contributed by atoms with Crippen molar-refractivity contribution in [2.45, 2.75) is 32.1 Å². The van der Waals surface area contributed by atoms with Crippen LogP contribution in [0, 0.1) is 11.8 Å². The van der Waals surface area contributed by atoms with E-state index in [2.05, 4.69) is 13.2 Å². The van der Waals surface area contributed by atoms with Crippen molar-refractivity contribution >= 4 is 0 Å². The fourth-order valence-corrected chi connectivity index (χ4v) is 2.61. The molecule has 3 aliphatic rings. The van der Waals surface area contributed by atoms with Crippen molar-refractivity contribution in [3.63, 3.8) is 0 Å². The van der Waals surface area contributed by atoms with Crippen LogP contribution in [0.25, 0.3) is 0 Å². The molecule has 0 aromatic heterocycles. The average molecular weight is 148 g/mol. The molecule has 0 heterocycles. The molecule has 3 fully saturated rings. The normalized spacial score (nSPS) is 37.5. The van der Waals surface area contributed by atoms with Crippen molar-refractivity contribution in [2.24, 2.45) is 11.8 Å². The molecule has 0 atom stereocenters. The number of hydrogen-bond donors (Lipinski definition) is 0. The second kappa shape index (κ2) is 2.51. The van der Waals surface area contributed by atoms with E-state index in [1.54, 1.807) is 0 Å². The van der Waals surface area contributed by atoms with Gasteiger partial charge in [0.1, 0.15) is 0 Å². The molecule has 0 nitrogen and oxygen atoms in total. The van der Waals surface area contributed by atoms with Crippen LogP contribution < -0.4 is 0 Å². The molecule has 0 saturated heterocycles. The Hall–Kier alpha value is -0.520. The van der Waals surface area contributed by atoms with Gasteiger partial charge < -0.3 is 0 Å². The van der Waals surface area contributed by atoms with Gasteiger partial charge in [0.05, 0.1) is 0 Å². The molecule has 11 heavy (non-hydrogen) atoms. The first kappa shape index (κ1) is 7.15. The molecular weight excluding hydrogens is 132 g/mol. The largest absolute Gasteiger partial charge is 0.0992 e. The summed E-state index contributed by atoms with van der Waals surface area (Å²) in [6.45, 7) is 8.29. The number of hydrogen-bond acceptors (Lipinski definition) is 0. The summed E-state index contributed by atoms with van der Waals surface area (Å²) >= 11 is 0. The molecule has 0 aromatic carbocycles. The van der Waals surface area contributed by atoms with Crippen molar-refractivity contribution in [1.29, 1.82) is 0 Å². The summed E-state index contributed by atoms with van der Waals surface area (Å²) in [5, 5.41) is 0. The minimum Gasteiger partial charge on any atom is -0.0992 e. The van der Waals surface area contributed by atoms with Crippen molar-refractivity contribution in [3.05, 3.63) is 24.3 Å². The van der Waals surface area contributed by atoms with Gasteiger partial charge in [-0.3, -0.25) is 0 Å². The topological polar surface area (TPSA) is 0 Å². The zero-order valence-electron chi connectivity index (χ0n) is 7.10. The van der Waals surface area contributed by atoms with Gasteiger partial charge in [-0.25, -0.2) is 0 Å². The van der Waals surface area contributed by atoms with Crippen LogP contribution in [-0.2, 0) is 0 Å². The minimum atomic E-state index is 0.689. The molecule has 0 N–H and O–H groups in total. The summed E-state index contributed by atoms with van der Waals surface area (Å²) in [6.07, 6.45) is 6.70. The highest BCUT2D eigenvalue weighted by Crippen LogP contribution is 2.44. The highest BCUT2D eigenvalue weighted by molar-refractivity contribution is 5.23.